The number of aryl methyl sites for hydroxylation is 1. The molecule has 2 amide bonds. The van der Waals surface area contributed by atoms with E-state index in [0.717, 1.165) is 30.6 Å². The van der Waals surface area contributed by atoms with Crippen molar-refractivity contribution in [3.63, 3.8) is 0 Å². The van der Waals surface area contributed by atoms with E-state index in [9.17, 15) is 19.7 Å². The minimum atomic E-state index is -0.507. The molecule has 2 aromatic rings. The largest absolute Gasteiger partial charge is 0.341 e. The zero-order valence-electron chi connectivity index (χ0n) is 16.1. The van der Waals surface area contributed by atoms with Gasteiger partial charge in [-0.25, -0.2) is 0 Å². The van der Waals surface area contributed by atoms with Crippen LogP contribution >= 0.6 is 0 Å². The molecule has 1 heterocycles. The first kappa shape index (κ1) is 20.1. The third kappa shape index (κ3) is 4.99. The lowest BCUT2D eigenvalue weighted by Crippen LogP contribution is -2.35. The van der Waals surface area contributed by atoms with Crippen LogP contribution in [0.3, 0.4) is 0 Å². The number of piperidine rings is 1. The summed E-state index contributed by atoms with van der Waals surface area (Å²) >= 11 is 0. The first-order chi connectivity index (χ1) is 14.0. The SMILES string of the molecule is Cc1ccc(C(=O)NCC#Cc2ccc(N3CCCCC3=O)cc2)cc1[N+](=O)[O-]. The maximum atomic E-state index is 12.2. The summed E-state index contributed by atoms with van der Waals surface area (Å²) < 4.78 is 0. The van der Waals surface area contributed by atoms with Crippen LogP contribution < -0.4 is 10.2 Å². The summed E-state index contributed by atoms with van der Waals surface area (Å²) in [6.45, 7) is 2.48. The second-order valence-electron chi connectivity index (χ2n) is 6.79. The van der Waals surface area contributed by atoms with E-state index in [-0.39, 0.29) is 23.7 Å². The van der Waals surface area contributed by atoms with Gasteiger partial charge < -0.3 is 10.2 Å². The maximum absolute atomic E-state index is 12.2. The molecule has 2 aromatic carbocycles. The lowest BCUT2D eigenvalue weighted by atomic mass is 10.1. The van der Waals surface area contributed by atoms with Gasteiger partial charge in [-0.1, -0.05) is 17.9 Å². The fraction of sp³-hybridized carbons (Fsp3) is 0.273. The quantitative estimate of drug-likeness (QED) is 0.492. The summed E-state index contributed by atoms with van der Waals surface area (Å²) in [5, 5.41) is 13.6. The number of hydrogen-bond donors (Lipinski definition) is 1. The number of rotatable bonds is 4. The van der Waals surface area contributed by atoms with Crippen LogP contribution in [-0.4, -0.2) is 29.8 Å². The fourth-order valence-corrected chi connectivity index (χ4v) is 3.12. The average Bonchev–Trinajstić information content (AvgIpc) is 2.72. The molecule has 29 heavy (non-hydrogen) atoms. The molecule has 1 N–H and O–H groups in total. The Morgan fingerprint density at radius 2 is 1.97 bits per heavy atom. The number of hydrogen-bond acceptors (Lipinski definition) is 4. The van der Waals surface area contributed by atoms with Crippen LogP contribution in [0.2, 0.25) is 0 Å². The summed E-state index contributed by atoms with van der Waals surface area (Å²) in [4.78, 5) is 36.4. The minimum absolute atomic E-state index is 0.0870. The van der Waals surface area contributed by atoms with E-state index >= 15 is 0 Å². The molecule has 0 atom stereocenters. The first-order valence-corrected chi connectivity index (χ1v) is 9.38. The maximum Gasteiger partial charge on any atom is 0.273 e. The molecule has 148 valence electrons. The Labute approximate surface area is 168 Å². The summed E-state index contributed by atoms with van der Waals surface area (Å²) in [5.41, 5.74) is 2.28. The van der Waals surface area contributed by atoms with Gasteiger partial charge in [0.2, 0.25) is 5.91 Å². The lowest BCUT2D eigenvalue weighted by molar-refractivity contribution is -0.385. The summed E-state index contributed by atoms with van der Waals surface area (Å²) in [5.74, 6) is 5.55. The molecular formula is C22H21N3O4. The fourth-order valence-electron chi connectivity index (χ4n) is 3.12. The van der Waals surface area contributed by atoms with Crippen molar-refractivity contribution in [2.24, 2.45) is 0 Å². The second-order valence-corrected chi connectivity index (χ2v) is 6.79. The summed E-state index contributed by atoms with van der Waals surface area (Å²) in [6, 6.07) is 11.8. The normalized spacial score (nSPS) is 13.4. The zero-order valence-corrected chi connectivity index (χ0v) is 16.1. The number of nitrogens with zero attached hydrogens (tertiary/aromatic N) is 2. The van der Waals surface area contributed by atoms with Crippen LogP contribution in [0.5, 0.6) is 0 Å². The van der Waals surface area contributed by atoms with Crippen molar-refractivity contribution in [1.82, 2.24) is 5.32 Å². The first-order valence-electron chi connectivity index (χ1n) is 9.38. The molecule has 1 aliphatic rings. The number of amides is 2. The molecule has 0 bridgehead atoms. The van der Waals surface area contributed by atoms with E-state index < -0.39 is 10.8 Å². The average molecular weight is 391 g/mol. The van der Waals surface area contributed by atoms with Crippen molar-refractivity contribution >= 4 is 23.2 Å². The van der Waals surface area contributed by atoms with Crippen LogP contribution in [-0.2, 0) is 4.79 Å². The number of benzene rings is 2. The third-order valence-corrected chi connectivity index (χ3v) is 4.74. The number of nitro groups is 1. The molecule has 0 saturated carbocycles. The van der Waals surface area contributed by atoms with Crippen LogP contribution in [0, 0.1) is 28.9 Å². The smallest absolute Gasteiger partial charge is 0.273 e. The number of nitrogens with one attached hydrogen (secondary N) is 1. The van der Waals surface area contributed by atoms with Gasteiger partial charge in [0, 0.05) is 41.4 Å². The van der Waals surface area contributed by atoms with Gasteiger partial charge in [0.05, 0.1) is 11.5 Å². The Morgan fingerprint density at radius 1 is 1.21 bits per heavy atom. The molecule has 7 nitrogen and oxygen atoms in total. The van der Waals surface area contributed by atoms with Crippen LogP contribution in [0.4, 0.5) is 11.4 Å². The summed E-state index contributed by atoms with van der Waals surface area (Å²) in [7, 11) is 0. The van der Waals surface area contributed by atoms with Gasteiger partial charge in [-0.05, 0) is 50.1 Å². The highest BCUT2D eigenvalue weighted by Crippen LogP contribution is 2.21. The molecule has 0 unspecified atom stereocenters. The van der Waals surface area contributed by atoms with Crippen molar-refractivity contribution in [2.75, 3.05) is 18.0 Å². The second kappa shape index (κ2) is 9.02. The molecule has 3 rings (SSSR count). The topological polar surface area (TPSA) is 92.6 Å². The number of carbonyl (C=O) groups excluding carboxylic acids is 2. The predicted molar refractivity (Wildman–Crippen MR) is 110 cm³/mol. The number of nitro benzene ring substituents is 1. The molecule has 1 saturated heterocycles. The van der Waals surface area contributed by atoms with Crippen molar-refractivity contribution in [3.05, 3.63) is 69.3 Å². The Bertz CT molecular complexity index is 1000. The van der Waals surface area contributed by atoms with Crippen LogP contribution in [0.15, 0.2) is 42.5 Å². The standard InChI is InChI=1S/C22H21N3O4/c1-16-7-10-18(15-20(16)25(28)29)22(27)23-13-4-5-17-8-11-19(12-9-17)24-14-3-2-6-21(24)26/h7-12,15H,2-3,6,13-14H2,1H3,(H,23,27). The Morgan fingerprint density at radius 3 is 2.66 bits per heavy atom. The zero-order chi connectivity index (χ0) is 20.8. The van der Waals surface area contributed by atoms with E-state index in [4.69, 9.17) is 0 Å². The van der Waals surface area contributed by atoms with Crippen molar-refractivity contribution in [2.45, 2.75) is 26.2 Å². The third-order valence-electron chi connectivity index (χ3n) is 4.74. The molecule has 0 aliphatic carbocycles. The van der Waals surface area contributed by atoms with Gasteiger partial charge in [0.25, 0.3) is 11.6 Å². The Hall–Kier alpha value is -3.66. The van der Waals surface area contributed by atoms with E-state index in [2.05, 4.69) is 17.2 Å². The van der Waals surface area contributed by atoms with Gasteiger partial charge in [-0.3, -0.25) is 19.7 Å². The van der Waals surface area contributed by atoms with Crippen LogP contribution in [0.25, 0.3) is 0 Å². The van der Waals surface area contributed by atoms with Gasteiger partial charge in [0.15, 0.2) is 0 Å². The predicted octanol–water partition coefficient (Wildman–Crippen LogP) is 3.20. The minimum Gasteiger partial charge on any atom is -0.341 e. The highest BCUT2D eigenvalue weighted by molar-refractivity contribution is 5.95. The molecule has 1 fully saturated rings. The molecule has 1 aliphatic heterocycles. The summed E-state index contributed by atoms with van der Waals surface area (Å²) in [6.07, 6.45) is 2.54. The van der Waals surface area contributed by atoms with Crippen LogP contribution in [0.1, 0.15) is 40.7 Å². The lowest BCUT2D eigenvalue weighted by Gasteiger charge is -2.26. The molecule has 7 heteroatoms. The van der Waals surface area contributed by atoms with Gasteiger partial charge >= 0.3 is 0 Å². The number of anilines is 1. The molecular weight excluding hydrogens is 370 g/mol. The molecule has 0 spiro atoms. The Balaban J connectivity index is 1.57. The van der Waals surface area contributed by atoms with Gasteiger partial charge in [-0.2, -0.15) is 0 Å². The monoisotopic (exact) mass is 391 g/mol. The van der Waals surface area contributed by atoms with Gasteiger partial charge in [0.1, 0.15) is 0 Å². The molecule has 0 aromatic heterocycles. The van der Waals surface area contributed by atoms with Crippen molar-refractivity contribution < 1.29 is 14.5 Å². The van der Waals surface area contributed by atoms with E-state index in [1.807, 2.05) is 24.3 Å². The highest BCUT2D eigenvalue weighted by atomic mass is 16.6. The van der Waals surface area contributed by atoms with E-state index in [1.54, 1.807) is 24.0 Å². The molecule has 0 radical (unpaired) electrons. The highest BCUT2D eigenvalue weighted by Gasteiger charge is 2.19. The van der Waals surface area contributed by atoms with Gasteiger partial charge in [-0.15, -0.1) is 0 Å². The number of carbonyl (C=O) groups is 2. The van der Waals surface area contributed by atoms with Crippen molar-refractivity contribution in [1.29, 1.82) is 0 Å². The van der Waals surface area contributed by atoms with Crippen molar-refractivity contribution in [3.8, 4) is 11.8 Å². The Kier molecular flexibility index (Phi) is 6.25. The van der Waals surface area contributed by atoms with E-state index in [0.29, 0.717) is 12.0 Å². The van der Waals surface area contributed by atoms with E-state index in [1.165, 1.54) is 6.07 Å².